The van der Waals surface area contributed by atoms with Crippen LogP contribution in [0.5, 0.6) is 0 Å². The predicted octanol–water partition coefficient (Wildman–Crippen LogP) is 0.311. The van der Waals surface area contributed by atoms with E-state index in [0.29, 0.717) is 11.6 Å². The number of hydrogen-bond donors (Lipinski definition) is 1. The van der Waals surface area contributed by atoms with Crippen LogP contribution in [-0.2, 0) is 0 Å². The Morgan fingerprint density at radius 1 is 1.36 bits per heavy atom. The maximum atomic E-state index is 5.54. The van der Waals surface area contributed by atoms with Gasteiger partial charge in [0, 0.05) is 0 Å². The van der Waals surface area contributed by atoms with Crippen LogP contribution >= 0.6 is 22.6 Å². The standard InChI is InChI=1S/C5H4IN5/c6-3-1-8-5-9-2-4(7)11(5)10-3/h1-2H,7H2. The smallest absolute Gasteiger partial charge is 0.252 e. The lowest BCUT2D eigenvalue weighted by Crippen LogP contribution is -2.00. The Hall–Kier alpha value is -0.920. The molecule has 0 aliphatic carbocycles. The molecule has 0 saturated carbocycles. The maximum Gasteiger partial charge on any atom is 0.252 e. The van der Waals surface area contributed by atoms with Gasteiger partial charge in [-0.05, 0) is 22.6 Å². The summed E-state index contributed by atoms with van der Waals surface area (Å²) in [5.41, 5.74) is 5.54. The number of nitrogens with two attached hydrogens (primary N) is 1. The van der Waals surface area contributed by atoms with Gasteiger partial charge >= 0.3 is 0 Å². The first-order chi connectivity index (χ1) is 5.27. The Kier molecular flexibility index (Phi) is 1.41. The molecule has 0 saturated heterocycles. The van der Waals surface area contributed by atoms with Crippen LogP contribution in [0.25, 0.3) is 5.78 Å². The van der Waals surface area contributed by atoms with Crippen molar-refractivity contribution < 1.29 is 0 Å². The molecule has 0 unspecified atom stereocenters. The van der Waals surface area contributed by atoms with E-state index in [1.165, 1.54) is 10.7 Å². The van der Waals surface area contributed by atoms with Crippen LogP contribution in [0.4, 0.5) is 5.82 Å². The highest BCUT2D eigenvalue weighted by Crippen LogP contribution is 2.04. The van der Waals surface area contributed by atoms with Crippen molar-refractivity contribution in [3.8, 4) is 0 Å². The summed E-state index contributed by atoms with van der Waals surface area (Å²) in [4.78, 5) is 7.92. The monoisotopic (exact) mass is 261 g/mol. The average molecular weight is 261 g/mol. The minimum absolute atomic E-state index is 0.506. The van der Waals surface area contributed by atoms with Gasteiger partial charge in [-0.3, -0.25) is 0 Å². The first-order valence-corrected chi connectivity index (χ1v) is 3.97. The SMILES string of the molecule is Nc1cnc2ncc(I)nn12. The number of nitrogen functional groups attached to an aromatic ring is 1. The van der Waals surface area contributed by atoms with Gasteiger partial charge in [0.2, 0.25) is 0 Å². The topological polar surface area (TPSA) is 69.1 Å². The lowest BCUT2D eigenvalue weighted by molar-refractivity contribution is 0.889. The van der Waals surface area contributed by atoms with Crippen LogP contribution in [-0.4, -0.2) is 19.6 Å². The van der Waals surface area contributed by atoms with Gasteiger partial charge in [-0.25, -0.2) is 9.97 Å². The molecule has 56 valence electrons. The summed E-state index contributed by atoms with van der Waals surface area (Å²) in [6.07, 6.45) is 3.17. The second kappa shape index (κ2) is 2.29. The molecule has 2 aromatic heterocycles. The molecule has 0 amide bonds. The second-order valence-corrected chi connectivity index (χ2v) is 3.08. The van der Waals surface area contributed by atoms with Gasteiger partial charge in [-0.1, -0.05) is 0 Å². The molecule has 5 nitrogen and oxygen atoms in total. The largest absolute Gasteiger partial charge is 0.382 e. The fourth-order valence-electron chi connectivity index (χ4n) is 0.772. The summed E-state index contributed by atoms with van der Waals surface area (Å²) in [5.74, 6) is 1.04. The zero-order valence-corrected chi connectivity index (χ0v) is 7.56. The van der Waals surface area contributed by atoms with Crippen LogP contribution in [0, 0.1) is 3.70 Å². The number of hydrogen-bond acceptors (Lipinski definition) is 4. The van der Waals surface area contributed by atoms with Gasteiger partial charge < -0.3 is 5.73 Å². The van der Waals surface area contributed by atoms with Crippen molar-refractivity contribution >= 4 is 34.2 Å². The highest BCUT2D eigenvalue weighted by Gasteiger charge is 2.00. The van der Waals surface area contributed by atoms with Gasteiger partial charge in [0.05, 0.1) is 12.4 Å². The van der Waals surface area contributed by atoms with Gasteiger partial charge in [-0.15, -0.1) is 0 Å². The molecule has 0 aliphatic rings. The fraction of sp³-hybridized carbons (Fsp3) is 0. The van der Waals surface area contributed by atoms with Crippen molar-refractivity contribution in [2.24, 2.45) is 0 Å². The number of nitrogens with zero attached hydrogens (tertiary/aromatic N) is 4. The Balaban J connectivity index is 2.87. The van der Waals surface area contributed by atoms with Gasteiger partial charge in [-0.2, -0.15) is 9.61 Å². The third kappa shape index (κ3) is 1.02. The first-order valence-electron chi connectivity index (χ1n) is 2.89. The lowest BCUT2D eigenvalue weighted by Gasteiger charge is -1.92. The number of imidazole rings is 1. The van der Waals surface area contributed by atoms with Crippen molar-refractivity contribution in [3.05, 3.63) is 16.1 Å². The van der Waals surface area contributed by atoms with Gasteiger partial charge in [0.1, 0.15) is 9.52 Å². The highest BCUT2D eigenvalue weighted by atomic mass is 127. The Bertz CT molecular complexity index is 395. The van der Waals surface area contributed by atoms with E-state index in [-0.39, 0.29) is 0 Å². The molecule has 0 aromatic carbocycles. The van der Waals surface area contributed by atoms with Crippen molar-refractivity contribution in [1.82, 2.24) is 19.6 Å². The Morgan fingerprint density at radius 2 is 2.09 bits per heavy atom. The molecule has 2 N–H and O–H groups in total. The molecule has 6 heteroatoms. The summed E-state index contributed by atoms with van der Waals surface area (Å²) < 4.78 is 2.29. The van der Waals surface area contributed by atoms with Gasteiger partial charge in [0.15, 0.2) is 0 Å². The molecular weight excluding hydrogens is 257 g/mol. The Morgan fingerprint density at radius 3 is 2.91 bits per heavy atom. The van der Waals surface area contributed by atoms with Crippen LogP contribution in [0.15, 0.2) is 12.4 Å². The number of fused-ring (bicyclic) bond motifs is 1. The molecular formula is C5H4IN5. The molecule has 0 fully saturated rings. The van der Waals surface area contributed by atoms with E-state index in [0.717, 1.165) is 3.70 Å². The van der Waals surface area contributed by atoms with Crippen LogP contribution in [0.1, 0.15) is 0 Å². The summed E-state index contributed by atoms with van der Waals surface area (Å²) in [5, 5.41) is 4.09. The van der Waals surface area contributed by atoms with E-state index >= 15 is 0 Å². The van der Waals surface area contributed by atoms with Crippen molar-refractivity contribution in [3.63, 3.8) is 0 Å². The normalized spacial score (nSPS) is 10.6. The van der Waals surface area contributed by atoms with E-state index in [2.05, 4.69) is 37.7 Å². The van der Waals surface area contributed by atoms with Gasteiger partial charge in [0.25, 0.3) is 5.78 Å². The Labute approximate surface area is 75.8 Å². The summed E-state index contributed by atoms with van der Waals surface area (Å²) in [6.45, 7) is 0. The van der Waals surface area contributed by atoms with Crippen LogP contribution in [0.2, 0.25) is 0 Å². The third-order valence-corrected chi connectivity index (χ3v) is 1.72. The predicted molar refractivity (Wildman–Crippen MR) is 47.9 cm³/mol. The van der Waals surface area contributed by atoms with E-state index in [1.54, 1.807) is 6.20 Å². The van der Waals surface area contributed by atoms with E-state index in [1.807, 2.05) is 0 Å². The number of aromatic nitrogens is 4. The fourth-order valence-corrected chi connectivity index (χ4v) is 1.13. The van der Waals surface area contributed by atoms with E-state index in [9.17, 15) is 0 Å². The lowest BCUT2D eigenvalue weighted by atomic mass is 10.8. The third-order valence-electron chi connectivity index (χ3n) is 1.23. The molecule has 0 spiro atoms. The molecule has 11 heavy (non-hydrogen) atoms. The van der Waals surface area contributed by atoms with Crippen molar-refractivity contribution in [2.75, 3.05) is 5.73 Å². The van der Waals surface area contributed by atoms with Crippen molar-refractivity contribution in [1.29, 1.82) is 0 Å². The molecule has 0 atom stereocenters. The summed E-state index contributed by atoms with van der Waals surface area (Å²) >= 11 is 2.06. The second-order valence-electron chi connectivity index (χ2n) is 1.98. The van der Waals surface area contributed by atoms with Crippen LogP contribution in [0.3, 0.4) is 0 Å². The maximum absolute atomic E-state index is 5.54. The molecule has 2 rings (SSSR count). The zero-order chi connectivity index (χ0) is 7.84. The average Bonchev–Trinajstić information content (AvgIpc) is 2.33. The quantitative estimate of drug-likeness (QED) is 0.693. The number of rotatable bonds is 0. The first kappa shape index (κ1) is 6.77. The minimum Gasteiger partial charge on any atom is -0.382 e. The summed E-state index contributed by atoms with van der Waals surface area (Å²) in [6, 6.07) is 0. The number of halogens is 1. The van der Waals surface area contributed by atoms with Crippen molar-refractivity contribution in [2.45, 2.75) is 0 Å². The highest BCUT2D eigenvalue weighted by molar-refractivity contribution is 14.1. The van der Waals surface area contributed by atoms with E-state index < -0.39 is 0 Å². The van der Waals surface area contributed by atoms with Crippen LogP contribution < -0.4 is 5.73 Å². The zero-order valence-electron chi connectivity index (χ0n) is 5.40. The molecule has 0 bridgehead atoms. The molecule has 2 aromatic rings. The molecule has 0 aliphatic heterocycles. The molecule has 0 radical (unpaired) electrons. The summed E-state index contributed by atoms with van der Waals surface area (Å²) in [7, 11) is 0. The molecule has 2 heterocycles. The van der Waals surface area contributed by atoms with E-state index in [4.69, 9.17) is 5.73 Å². The minimum atomic E-state index is 0.506. The number of anilines is 1.